The summed E-state index contributed by atoms with van der Waals surface area (Å²) in [5.74, 6) is -0.529. The Labute approximate surface area is 160 Å². The lowest BCUT2D eigenvalue weighted by Gasteiger charge is -2.54. The fraction of sp³-hybridized carbons (Fsp3) is 0.600. The van der Waals surface area contributed by atoms with E-state index in [-0.39, 0.29) is 23.5 Å². The van der Waals surface area contributed by atoms with Crippen LogP contribution in [0.4, 0.5) is 0 Å². The third-order valence-corrected chi connectivity index (χ3v) is 5.12. The summed E-state index contributed by atoms with van der Waals surface area (Å²) in [7, 11) is 1.80. The Morgan fingerprint density at radius 3 is 2.44 bits per heavy atom. The lowest BCUT2D eigenvalue weighted by molar-refractivity contribution is -0.139. The van der Waals surface area contributed by atoms with Crippen molar-refractivity contribution in [2.45, 2.75) is 46.3 Å². The number of benzene rings is 1. The number of aliphatic carboxylic acids is 1. The third kappa shape index (κ3) is 4.53. The van der Waals surface area contributed by atoms with Gasteiger partial charge in [0.1, 0.15) is 0 Å². The van der Waals surface area contributed by atoms with Crippen LogP contribution in [0.3, 0.4) is 0 Å². The lowest BCUT2D eigenvalue weighted by Crippen LogP contribution is -2.62. The molecule has 7 nitrogen and oxygen atoms in total. The maximum atomic E-state index is 13.0. The minimum Gasteiger partial charge on any atom is -0.490 e. The number of hydrogen-bond donors (Lipinski definition) is 1. The minimum atomic E-state index is -1.08. The van der Waals surface area contributed by atoms with Gasteiger partial charge in [-0.05, 0) is 38.5 Å². The molecule has 27 heavy (non-hydrogen) atoms. The van der Waals surface area contributed by atoms with Crippen LogP contribution in [0.2, 0.25) is 0 Å². The number of carboxylic acid groups (broad SMARTS) is 1. The Balaban J connectivity index is 2.15. The molecule has 1 N–H and O–H groups in total. The van der Waals surface area contributed by atoms with Crippen molar-refractivity contribution < 1.29 is 28.9 Å². The van der Waals surface area contributed by atoms with E-state index in [0.717, 1.165) is 6.42 Å². The number of carbonyl (C=O) groups excluding carboxylic acids is 1. The number of carboxylic acids is 1. The number of amides is 1. The van der Waals surface area contributed by atoms with Gasteiger partial charge >= 0.3 is 5.97 Å². The molecule has 2 atom stereocenters. The molecule has 0 aromatic heterocycles. The molecule has 2 rings (SSSR count). The van der Waals surface area contributed by atoms with Crippen molar-refractivity contribution in [2.75, 3.05) is 26.9 Å². The number of ether oxygens (including phenoxy) is 3. The average molecular weight is 379 g/mol. The predicted octanol–water partition coefficient (Wildman–Crippen LogP) is 2.82. The molecule has 1 amide bonds. The Morgan fingerprint density at radius 2 is 1.89 bits per heavy atom. The van der Waals surface area contributed by atoms with E-state index in [1.165, 1.54) is 0 Å². The summed E-state index contributed by atoms with van der Waals surface area (Å²) in [5, 5.41) is 8.78. The number of nitrogens with zero attached hydrogens (tertiary/aromatic N) is 1. The second-order valence-electron chi connectivity index (χ2n) is 7.21. The summed E-state index contributed by atoms with van der Waals surface area (Å²) in [6, 6.07) is 4.89. The van der Waals surface area contributed by atoms with Crippen LogP contribution in [0, 0.1) is 5.41 Å². The number of hydrogen-bond acceptors (Lipinski definition) is 5. The molecule has 1 aromatic rings. The molecule has 0 aliphatic heterocycles. The van der Waals surface area contributed by atoms with E-state index in [1.807, 2.05) is 13.8 Å². The minimum absolute atomic E-state index is 0.0834. The molecule has 0 spiro atoms. The Hall–Kier alpha value is -2.28. The molecule has 2 unspecified atom stereocenters. The van der Waals surface area contributed by atoms with Gasteiger partial charge < -0.3 is 24.2 Å². The Morgan fingerprint density at radius 1 is 1.19 bits per heavy atom. The highest BCUT2D eigenvalue weighted by Gasteiger charge is 2.51. The Kier molecular flexibility index (Phi) is 6.70. The SMILES string of the molecule is CCOc1cc(C(=O)N(C)C2CC(OCC)C2(C)C)ccc1OCC(=O)O. The average Bonchev–Trinajstić information content (AvgIpc) is 2.62. The van der Waals surface area contributed by atoms with Crippen LogP contribution in [0.25, 0.3) is 0 Å². The first kappa shape index (κ1) is 21.0. The van der Waals surface area contributed by atoms with Crippen LogP contribution in [0.1, 0.15) is 44.5 Å². The topological polar surface area (TPSA) is 85.3 Å². The van der Waals surface area contributed by atoms with Gasteiger partial charge in [-0.2, -0.15) is 0 Å². The molecular weight excluding hydrogens is 350 g/mol. The second kappa shape index (κ2) is 8.61. The van der Waals surface area contributed by atoms with Gasteiger partial charge in [-0.3, -0.25) is 4.79 Å². The molecule has 1 aliphatic carbocycles. The molecular formula is C20H29NO6. The normalized spacial score (nSPS) is 20.5. The van der Waals surface area contributed by atoms with E-state index < -0.39 is 12.6 Å². The van der Waals surface area contributed by atoms with Gasteiger partial charge in [-0.15, -0.1) is 0 Å². The summed E-state index contributed by atoms with van der Waals surface area (Å²) in [6.07, 6.45) is 0.954. The maximum Gasteiger partial charge on any atom is 0.341 e. The summed E-state index contributed by atoms with van der Waals surface area (Å²) < 4.78 is 16.5. The van der Waals surface area contributed by atoms with Crippen LogP contribution in [0.15, 0.2) is 18.2 Å². The van der Waals surface area contributed by atoms with E-state index in [4.69, 9.17) is 19.3 Å². The van der Waals surface area contributed by atoms with Crippen molar-refractivity contribution in [1.82, 2.24) is 4.90 Å². The molecule has 0 bridgehead atoms. The highest BCUT2D eigenvalue weighted by atomic mass is 16.5. The molecule has 0 saturated heterocycles. The van der Waals surface area contributed by atoms with Gasteiger partial charge in [0, 0.05) is 30.7 Å². The summed E-state index contributed by atoms with van der Waals surface area (Å²) in [5.41, 5.74) is 0.354. The smallest absolute Gasteiger partial charge is 0.341 e. The highest BCUT2D eigenvalue weighted by Crippen LogP contribution is 2.45. The summed E-state index contributed by atoms with van der Waals surface area (Å²) in [6.45, 7) is 8.58. The van der Waals surface area contributed by atoms with Gasteiger partial charge in [-0.1, -0.05) is 13.8 Å². The van der Waals surface area contributed by atoms with Crippen LogP contribution < -0.4 is 9.47 Å². The molecule has 0 radical (unpaired) electrons. The van der Waals surface area contributed by atoms with Crippen LogP contribution in [-0.4, -0.2) is 60.9 Å². The molecule has 1 fully saturated rings. The van der Waals surface area contributed by atoms with Gasteiger partial charge in [-0.25, -0.2) is 4.79 Å². The van der Waals surface area contributed by atoms with Gasteiger partial charge in [0.2, 0.25) is 0 Å². The lowest BCUT2D eigenvalue weighted by atomic mass is 9.63. The van der Waals surface area contributed by atoms with Crippen molar-refractivity contribution >= 4 is 11.9 Å². The maximum absolute atomic E-state index is 13.0. The first-order chi connectivity index (χ1) is 12.7. The van der Waals surface area contributed by atoms with Crippen molar-refractivity contribution in [2.24, 2.45) is 5.41 Å². The van der Waals surface area contributed by atoms with Gasteiger partial charge in [0.15, 0.2) is 18.1 Å². The van der Waals surface area contributed by atoms with E-state index in [0.29, 0.717) is 30.3 Å². The fourth-order valence-corrected chi connectivity index (χ4v) is 3.52. The zero-order valence-electron chi connectivity index (χ0n) is 16.7. The standard InChI is InChI=1S/C20H29NO6/c1-6-25-15-10-13(8-9-14(15)27-12-18(22)23)19(24)21(5)16-11-17(26-7-2)20(16,3)4/h8-10,16-17H,6-7,11-12H2,1-5H3,(H,22,23). The predicted molar refractivity (Wildman–Crippen MR) is 100 cm³/mol. The zero-order valence-corrected chi connectivity index (χ0v) is 16.7. The third-order valence-electron chi connectivity index (χ3n) is 5.12. The molecule has 1 aromatic carbocycles. The monoisotopic (exact) mass is 379 g/mol. The van der Waals surface area contributed by atoms with Gasteiger partial charge in [0.25, 0.3) is 5.91 Å². The number of rotatable bonds is 9. The van der Waals surface area contributed by atoms with Crippen molar-refractivity contribution in [3.63, 3.8) is 0 Å². The van der Waals surface area contributed by atoms with E-state index in [2.05, 4.69) is 13.8 Å². The first-order valence-corrected chi connectivity index (χ1v) is 9.22. The van der Waals surface area contributed by atoms with Crippen molar-refractivity contribution in [1.29, 1.82) is 0 Å². The zero-order chi connectivity index (χ0) is 20.2. The van der Waals surface area contributed by atoms with E-state index in [9.17, 15) is 9.59 Å². The molecule has 1 aliphatic rings. The first-order valence-electron chi connectivity index (χ1n) is 9.22. The Bertz CT molecular complexity index is 687. The van der Waals surface area contributed by atoms with Crippen molar-refractivity contribution in [3.05, 3.63) is 23.8 Å². The van der Waals surface area contributed by atoms with Gasteiger partial charge in [0.05, 0.1) is 12.7 Å². The molecule has 7 heteroatoms. The summed E-state index contributed by atoms with van der Waals surface area (Å²) >= 11 is 0. The van der Waals surface area contributed by atoms with Crippen LogP contribution >= 0.6 is 0 Å². The van der Waals surface area contributed by atoms with E-state index >= 15 is 0 Å². The summed E-state index contributed by atoms with van der Waals surface area (Å²) in [4.78, 5) is 25.4. The number of carbonyl (C=O) groups is 2. The highest BCUT2D eigenvalue weighted by molar-refractivity contribution is 5.95. The molecule has 0 heterocycles. The van der Waals surface area contributed by atoms with Crippen LogP contribution in [0.5, 0.6) is 11.5 Å². The second-order valence-corrected chi connectivity index (χ2v) is 7.21. The fourth-order valence-electron chi connectivity index (χ4n) is 3.52. The van der Waals surface area contributed by atoms with Crippen molar-refractivity contribution in [3.8, 4) is 11.5 Å². The largest absolute Gasteiger partial charge is 0.490 e. The van der Waals surface area contributed by atoms with E-state index in [1.54, 1.807) is 30.1 Å². The van der Waals surface area contributed by atoms with Crippen LogP contribution in [-0.2, 0) is 9.53 Å². The quantitative estimate of drug-likeness (QED) is 0.710. The molecule has 1 saturated carbocycles. The molecule has 150 valence electrons.